The standard InChI is InChI=1S/C16H19NS/c1-12-5-3-4-6-15(12)11-18-13(2)14-7-9-16(17)10-8-14/h3-10,13H,11,17H2,1-2H3. The molecule has 2 N–H and O–H groups in total. The van der Waals surface area contributed by atoms with Gasteiger partial charge in [0.25, 0.3) is 0 Å². The van der Waals surface area contributed by atoms with Gasteiger partial charge in [0.1, 0.15) is 0 Å². The lowest BCUT2D eigenvalue weighted by Crippen LogP contribution is -1.92. The zero-order valence-corrected chi connectivity index (χ0v) is 11.7. The van der Waals surface area contributed by atoms with Crippen molar-refractivity contribution in [3.63, 3.8) is 0 Å². The van der Waals surface area contributed by atoms with E-state index in [4.69, 9.17) is 5.73 Å². The molecule has 0 amide bonds. The third-order valence-electron chi connectivity index (χ3n) is 3.16. The van der Waals surface area contributed by atoms with Gasteiger partial charge in [0.05, 0.1) is 0 Å². The molecule has 1 atom stereocenters. The third kappa shape index (κ3) is 3.30. The Morgan fingerprint density at radius 1 is 1.06 bits per heavy atom. The summed E-state index contributed by atoms with van der Waals surface area (Å²) in [5, 5.41) is 0.491. The maximum Gasteiger partial charge on any atom is 0.0314 e. The van der Waals surface area contributed by atoms with Crippen molar-refractivity contribution >= 4 is 17.4 Å². The Morgan fingerprint density at radius 2 is 1.72 bits per heavy atom. The summed E-state index contributed by atoms with van der Waals surface area (Å²) in [5.74, 6) is 1.05. The van der Waals surface area contributed by atoms with Crippen LogP contribution in [0.5, 0.6) is 0 Å². The second-order valence-corrected chi connectivity index (χ2v) is 5.88. The van der Waals surface area contributed by atoms with Gasteiger partial charge < -0.3 is 5.73 Å². The van der Waals surface area contributed by atoms with Crippen LogP contribution in [0.15, 0.2) is 48.5 Å². The van der Waals surface area contributed by atoms with Gasteiger partial charge in [-0.2, -0.15) is 0 Å². The van der Waals surface area contributed by atoms with E-state index < -0.39 is 0 Å². The summed E-state index contributed by atoms with van der Waals surface area (Å²) >= 11 is 1.96. The van der Waals surface area contributed by atoms with Gasteiger partial charge in [-0.05, 0) is 42.7 Å². The Kier molecular flexibility index (Phi) is 4.32. The molecule has 0 radical (unpaired) electrons. The lowest BCUT2D eigenvalue weighted by atomic mass is 10.1. The van der Waals surface area contributed by atoms with E-state index in [1.807, 2.05) is 23.9 Å². The first kappa shape index (κ1) is 13.0. The van der Waals surface area contributed by atoms with Gasteiger partial charge >= 0.3 is 0 Å². The van der Waals surface area contributed by atoms with E-state index in [9.17, 15) is 0 Å². The van der Waals surface area contributed by atoms with Gasteiger partial charge in [0, 0.05) is 16.7 Å². The largest absolute Gasteiger partial charge is 0.399 e. The van der Waals surface area contributed by atoms with Crippen molar-refractivity contribution in [1.82, 2.24) is 0 Å². The fourth-order valence-electron chi connectivity index (χ4n) is 1.85. The molecule has 0 aromatic heterocycles. The van der Waals surface area contributed by atoms with Crippen molar-refractivity contribution in [2.75, 3.05) is 5.73 Å². The molecule has 0 aliphatic heterocycles. The lowest BCUT2D eigenvalue weighted by molar-refractivity contribution is 1.09. The summed E-state index contributed by atoms with van der Waals surface area (Å²) in [6, 6.07) is 16.8. The van der Waals surface area contributed by atoms with Gasteiger partial charge in [-0.3, -0.25) is 0 Å². The van der Waals surface area contributed by atoms with Gasteiger partial charge in [-0.15, -0.1) is 11.8 Å². The Morgan fingerprint density at radius 3 is 2.39 bits per heavy atom. The molecular formula is C16H19NS. The molecule has 0 heterocycles. The van der Waals surface area contributed by atoms with E-state index in [0.29, 0.717) is 5.25 Å². The summed E-state index contributed by atoms with van der Waals surface area (Å²) in [5.41, 5.74) is 10.7. The van der Waals surface area contributed by atoms with Crippen molar-refractivity contribution < 1.29 is 0 Å². The highest BCUT2D eigenvalue weighted by atomic mass is 32.2. The topological polar surface area (TPSA) is 26.0 Å². The minimum atomic E-state index is 0.491. The van der Waals surface area contributed by atoms with E-state index in [2.05, 4.69) is 50.2 Å². The lowest BCUT2D eigenvalue weighted by Gasteiger charge is -2.13. The summed E-state index contributed by atoms with van der Waals surface area (Å²) in [7, 11) is 0. The van der Waals surface area contributed by atoms with Crippen LogP contribution in [0.4, 0.5) is 5.69 Å². The highest BCUT2D eigenvalue weighted by Gasteiger charge is 2.06. The van der Waals surface area contributed by atoms with Crippen LogP contribution in [0, 0.1) is 6.92 Å². The van der Waals surface area contributed by atoms with Crippen molar-refractivity contribution in [3.05, 3.63) is 65.2 Å². The van der Waals surface area contributed by atoms with E-state index in [1.165, 1.54) is 16.7 Å². The predicted octanol–water partition coefficient (Wildman–Crippen LogP) is 4.57. The quantitative estimate of drug-likeness (QED) is 0.812. The minimum absolute atomic E-state index is 0.491. The van der Waals surface area contributed by atoms with Gasteiger partial charge in [0.15, 0.2) is 0 Å². The summed E-state index contributed by atoms with van der Waals surface area (Å²) in [6.07, 6.45) is 0. The van der Waals surface area contributed by atoms with Gasteiger partial charge in [0.2, 0.25) is 0 Å². The Balaban J connectivity index is 1.98. The molecular weight excluding hydrogens is 238 g/mol. The van der Waals surface area contributed by atoms with Crippen molar-refractivity contribution in [2.24, 2.45) is 0 Å². The minimum Gasteiger partial charge on any atom is -0.399 e. The maximum atomic E-state index is 5.70. The highest BCUT2D eigenvalue weighted by molar-refractivity contribution is 7.98. The molecule has 1 unspecified atom stereocenters. The van der Waals surface area contributed by atoms with Crippen LogP contribution < -0.4 is 5.73 Å². The second-order valence-electron chi connectivity index (χ2n) is 4.55. The zero-order valence-electron chi connectivity index (χ0n) is 10.9. The van der Waals surface area contributed by atoms with Crippen LogP contribution in [0.3, 0.4) is 0 Å². The number of benzene rings is 2. The van der Waals surface area contributed by atoms with E-state index in [0.717, 1.165) is 11.4 Å². The molecule has 0 aliphatic rings. The molecule has 0 spiro atoms. The van der Waals surface area contributed by atoms with Crippen molar-refractivity contribution in [2.45, 2.75) is 24.9 Å². The molecule has 18 heavy (non-hydrogen) atoms. The molecule has 0 bridgehead atoms. The molecule has 0 saturated heterocycles. The average molecular weight is 257 g/mol. The number of rotatable bonds is 4. The Labute approximate surface area is 113 Å². The van der Waals surface area contributed by atoms with Crippen LogP contribution in [0.25, 0.3) is 0 Å². The number of nitrogens with two attached hydrogens (primary N) is 1. The second kappa shape index (κ2) is 5.96. The highest BCUT2D eigenvalue weighted by Crippen LogP contribution is 2.31. The van der Waals surface area contributed by atoms with E-state index in [-0.39, 0.29) is 0 Å². The zero-order chi connectivity index (χ0) is 13.0. The molecule has 2 heteroatoms. The Hall–Kier alpha value is -1.41. The number of hydrogen-bond donors (Lipinski definition) is 1. The normalized spacial score (nSPS) is 12.3. The van der Waals surface area contributed by atoms with Crippen LogP contribution in [-0.4, -0.2) is 0 Å². The molecule has 2 aromatic carbocycles. The number of anilines is 1. The molecule has 2 rings (SSSR count). The van der Waals surface area contributed by atoms with Crippen LogP contribution >= 0.6 is 11.8 Å². The van der Waals surface area contributed by atoms with Gasteiger partial charge in [-0.25, -0.2) is 0 Å². The summed E-state index contributed by atoms with van der Waals surface area (Å²) in [6.45, 7) is 4.41. The number of aryl methyl sites for hydroxylation is 1. The molecule has 1 nitrogen and oxygen atoms in total. The number of nitrogen functional groups attached to an aromatic ring is 1. The third-order valence-corrected chi connectivity index (χ3v) is 4.41. The molecule has 0 saturated carbocycles. The van der Waals surface area contributed by atoms with Crippen molar-refractivity contribution in [3.8, 4) is 0 Å². The molecule has 0 aliphatic carbocycles. The SMILES string of the molecule is Cc1ccccc1CSC(C)c1ccc(N)cc1. The molecule has 2 aromatic rings. The summed E-state index contributed by atoms with van der Waals surface area (Å²) < 4.78 is 0. The fraction of sp³-hybridized carbons (Fsp3) is 0.250. The molecule has 94 valence electrons. The van der Waals surface area contributed by atoms with Crippen LogP contribution in [0.2, 0.25) is 0 Å². The number of thioether (sulfide) groups is 1. The van der Waals surface area contributed by atoms with Crippen molar-refractivity contribution in [1.29, 1.82) is 0 Å². The summed E-state index contributed by atoms with van der Waals surface area (Å²) in [4.78, 5) is 0. The van der Waals surface area contributed by atoms with E-state index >= 15 is 0 Å². The molecule has 0 fully saturated rings. The fourth-order valence-corrected chi connectivity index (χ4v) is 2.95. The first-order valence-corrected chi connectivity index (χ1v) is 7.23. The van der Waals surface area contributed by atoms with Crippen LogP contribution in [-0.2, 0) is 5.75 Å². The number of hydrogen-bond acceptors (Lipinski definition) is 2. The monoisotopic (exact) mass is 257 g/mol. The maximum absolute atomic E-state index is 5.70. The predicted molar refractivity (Wildman–Crippen MR) is 81.7 cm³/mol. The smallest absolute Gasteiger partial charge is 0.0314 e. The van der Waals surface area contributed by atoms with Gasteiger partial charge in [-0.1, -0.05) is 36.4 Å². The van der Waals surface area contributed by atoms with Crippen LogP contribution in [0.1, 0.15) is 28.9 Å². The first-order chi connectivity index (χ1) is 8.66. The first-order valence-electron chi connectivity index (χ1n) is 6.18. The Bertz CT molecular complexity index is 505. The average Bonchev–Trinajstić information content (AvgIpc) is 2.38. The van der Waals surface area contributed by atoms with E-state index in [1.54, 1.807) is 0 Å².